The molecule has 2 heterocycles. The first-order valence-corrected chi connectivity index (χ1v) is 7.21. The molecule has 0 bridgehead atoms. The van der Waals surface area contributed by atoms with E-state index in [2.05, 4.69) is 4.57 Å². The van der Waals surface area contributed by atoms with Crippen molar-refractivity contribution in [3.05, 3.63) is 18.0 Å². The average molecular weight is 289 g/mol. The van der Waals surface area contributed by atoms with Crippen LogP contribution in [0.25, 0.3) is 11.0 Å². The van der Waals surface area contributed by atoms with E-state index >= 15 is 0 Å². The van der Waals surface area contributed by atoms with E-state index in [9.17, 15) is 0 Å². The molecule has 0 atom stereocenters. The third-order valence-electron chi connectivity index (χ3n) is 3.80. The SMILES string of the molecule is NC(=S)CCn1c(C2CC2)nc2cc3c(cc21)OCO3. The Balaban J connectivity index is 1.83. The van der Waals surface area contributed by atoms with Gasteiger partial charge in [-0.05, 0) is 12.8 Å². The third-order valence-corrected chi connectivity index (χ3v) is 4.00. The molecule has 20 heavy (non-hydrogen) atoms. The van der Waals surface area contributed by atoms with E-state index in [1.807, 2.05) is 12.1 Å². The fraction of sp³-hybridized carbons (Fsp3) is 0.429. The minimum atomic E-state index is 0.282. The lowest BCUT2D eigenvalue weighted by Gasteiger charge is -2.08. The Hall–Kier alpha value is -1.82. The molecule has 104 valence electrons. The highest BCUT2D eigenvalue weighted by atomic mass is 32.1. The van der Waals surface area contributed by atoms with Crippen molar-refractivity contribution in [2.24, 2.45) is 5.73 Å². The number of hydrogen-bond acceptors (Lipinski definition) is 4. The van der Waals surface area contributed by atoms with E-state index in [0.29, 0.717) is 17.3 Å². The molecule has 2 aromatic rings. The highest BCUT2D eigenvalue weighted by Crippen LogP contribution is 2.43. The number of thiocarbonyl (C=S) groups is 1. The highest BCUT2D eigenvalue weighted by Gasteiger charge is 2.30. The molecule has 0 unspecified atom stereocenters. The number of benzene rings is 1. The summed E-state index contributed by atoms with van der Waals surface area (Å²) in [4.78, 5) is 5.31. The van der Waals surface area contributed by atoms with Gasteiger partial charge in [0.05, 0.1) is 16.0 Å². The number of nitrogens with two attached hydrogens (primary N) is 1. The maximum atomic E-state index is 5.64. The molecule has 1 fully saturated rings. The number of rotatable bonds is 4. The second-order valence-electron chi connectivity index (χ2n) is 5.31. The van der Waals surface area contributed by atoms with Gasteiger partial charge in [-0.1, -0.05) is 12.2 Å². The van der Waals surface area contributed by atoms with Crippen molar-refractivity contribution < 1.29 is 9.47 Å². The van der Waals surface area contributed by atoms with Crippen LogP contribution in [0.1, 0.15) is 31.0 Å². The minimum Gasteiger partial charge on any atom is -0.454 e. The van der Waals surface area contributed by atoms with E-state index in [1.54, 1.807) is 0 Å². The molecule has 1 aliphatic carbocycles. The average Bonchev–Trinajstić information content (AvgIpc) is 3.06. The van der Waals surface area contributed by atoms with Gasteiger partial charge in [0, 0.05) is 31.0 Å². The second-order valence-corrected chi connectivity index (χ2v) is 5.83. The number of aromatic nitrogens is 2. The predicted molar refractivity (Wildman–Crippen MR) is 79.2 cm³/mol. The molecule has 0 radical (unpaired) electrons. The van der Waals surface area contributed by atoms with Gasteiger partial charge in [-0.25, -0.2) is 4.98 Å². The van der Waals surface area contributed by atoms with Gasteiger partial charge in [-0.15, -0.1) is 0 Å². The van der Waals surface area contributed by atoms with Crippen molar-refractivity contribution in [3.63, 3.8) is 0 Å². The molecule has 5 nitrogen and oxygen atoms in total. The maximum Gasteiger partial charge on any atom is 0.231 e. The number of ether oxygens (including phenoxy) is 2. The summed E-state index contributed by atoms with van der Waals surface area (Å²) in [5, 5.41) is 0. The second kappa shape index (κ2) is 4.34. The Morgan fingerprint density at radius 2 is 2.10 bits per heavy atom. The van der Waals surface area contributed by atoms with Gasteiger partial charge in [0.1, 0.15) is 5.82 Å². The minimum absolute atomic E-state index is 0.282. The zero-order valence-corrected chi connectivity index (χ0v) is 11.8. The highest BCUT2D eigenvalue weighted by molar-refractivity contribution is 7.80. The molecule has 1 aromatic carbocycles. The van der Waals surface area contributed by atoms with Crippen LogP contribution < -0.4 is 15.2 Å². The summed E-state index contributed by atoms with van der Waals surface area (Å²) in [6.45, 7) is 1.06. The first-order valence-electron chi connectivity index (χ1n) is 6.80. The summed E-state index contributed by atoms with van der Waals surface area (Å²) >= 11 is 4.99. The van der Waals surface area contributed by atoms with Crippen molar-refractivity contribution in [3.8, 4) is 11.5 Å². The van der Waals surface area contributed by atoms with Crippen LogP contribution in [0.15, 0.2) is 12.1 Å². The quantitative estimate of drug-likeness (QED) is 0.875. The summed E-state index contributed by atoms with van der Waals surface area (Å²) in [7, 11) is 0. The molecule has 6 heteroatoms. The van der Waals surface area contributed by atoms with Crippen LogP contribution in [-0.4, -0.2) is 21.3 Å². The summed E-state index contributed by atoms with van der Waals surface area (Å²) in [5.41, 5.74) is 7.67. The maximum absolute atomic E-state index is 5.64. The van der Waals surface area contributed by atoms with Gasteiger partial charge >= 0.3 is 0 Å². The number of nitrogens with zero attached hydrogens (tertiary/aromatic N) is 2. The van der Waals surface area contributed by atoms with Crippen molar-refractivity contribution in [1.82, 2.24) is 9.55 Å². The van der Waals surface area contributed by atoms with Crippen molar-refractivity contribution in [2.45, 2.75) is 31.7 Å². The lowest BCUT2D eigenvalue weighted by Crippen LogP contribution is -2.13. The fourth-order valence-corrected chi connectivity index (χ4v) is 2.73. The molecule has 4 rings (SSSR count). The summed E-state index contributed by atoms with van der Waals surface area (Å²) in [6, 6.07) is 3.97. The van der Waals surface area contributed by atoms with E-state index in [4.69, 9.17) is 32.4 Å². The van der Waals surface area contributed by atoms with Crippen LogP contribution in [-0.2, 0) is 6.54 Å². The van der Waals surface area contributed by atoms with Gasteiger partial charge in [-0.3, -0.25) is 0 Å². The number of imidazole rings is 1. The van der Waals surface area contributed by atoms with Crippen LogP contribution in [0.4, 0.5) is 0 Å². The van der Waals surface area contributed by atoms with Crippen LogP contribution >= 0.6 is 12.2 Å². The van der Waals surface area contributed by atoms with E-state index in [1.165, 1.54) is 12.8 Å². The summed E-state index contributed by atoms with van der Waals surface area (Å²) < 4.78 is 13.1. The summed E-state index contributed by atoms with van der Waals surface area (Å²) in [5.74, 6) is 3.28. The molecule has 0 saturated heterocycles. The Morgan fingerprint density at radius 3 is 2.80 bits per heavy atom. The van der Waals surface area contributed by atoms with E-state index < -0.39 is 0 Å². The van der Waals surface area contributed by atoms with Gasteiger partial charge < -0.3 is 19.8 Å². The lowest BCUT2D eigenvalue weighted by atomic mass is 10.2. The molecule has 0 spiro atoms. The zero-order valence-electron chi connectivity index (χ0n) is 11.0. The molecule has 1 saturated carbocycles. The fourth-order valence-electron chi connectivity index (χ4n) is 2.64. The summed E-state index contributed by atoms with van der Waals surface area (Å²) in [6.07, 6.45) is 3.11. The van der Waals surface area contributed by atoms with Gasteiger partial charge in [-0.2, -0.15) is 0 Å². The van der Waals surface area contributed by atoms with Crippen molar-refractivity contribution >= 4 is 28.2 Å². The molecule has 2 N–H and O–H groups in total. The van der Waals surface area contributed by atoms with Crippen LogP contribution in [0.2, 0.25) is 0 Å². The van der Waals surface area contributed by atoms with Crippen LogP contribution in [0.5, 0.6) is 11.5 Å². The van der Waals surface area contributed by atoms with Crippen LogP contribution in [0, 0.1) is 0 Å². The van der Waals surface area contributed by atoms with Crippen LogP contribution in [0.3, 0.4) is 0 Å². The smallest absolute Gasteiger partial charge is 0.231 e. The Bertz CT molecular complexity index is 706. The predicted octanol–water partition coefficient (Wildman–Crippen LogP) is 2.32. The Morgan fingerprint density at radius 1 is 1.35 bits per heavy atom. The van der Waals surface area contributed by atoms with E-state index in [0.717, 1.165) is 34.9 Å². The molecular formula is C14H15N3O2S. The van der Waals surface area contributed by atoms with Gasteiger partial charge in [0.2, 0.25) is 6.79 Å². The van der Waals surface area contributed by atoms with Crippen molar-refractivity contribution in [1.29, 1.82) is 0 Å². The zero-order chi connectivity index (χ0) is 13.7. The number of fused-ring (bicyclic) bond motifs is 2. The molecule has 1 aromatic heterocycles. The first-order chi connectivity index (χ1) is 9.72. The number of hydrogen-bond donors (Lipinski definition) is 1. The third kappa shape index (κ3) is 1.91. The largest absolute Gasteiger partial charge is 0.454 e. The Kier molecular flexibility index (Phi) is 2.60. The monoisotopic (exact) mass is 289 g/mol. The van der Waals surface area contributed by atoms with Gasteiger partial charge in [0.15, 0.2) is 11.5 Å². The van der Waals surface area contributed by atoms with Crippen molar-refractivity contribution in [2.75, 3.05) is 6.79 Å². The standard InChI is InChI=1S/C14H15N3O2S/c15-13(20)3-4-17-10-6-12-11(18-7-19-12)5-9(10)16-14(17)8-1-2-8/h5-6,8H,1-4,7H2,(H2,15,20). The normalized spacial score (nSPS) is 16.8. The topological polar surface area (TPSA) is 62.3 Å². The molecular weight excluding hydrogens is 274 g/mol. The first kappa shape index (κ1) is 12.0. The van der Waals surface area contributed by atoms with Gasteiger partial charge in [0.25, 0.3) is 0 Å². The molecule has 2 aliphatic rings. The lowest BCUT2D eigenvalue weighted by molar-refractivity contribution is 0.174. The molecule has 0 amide bonds. The number of aryl methyl sites for hydroxylation is 1. The Labute approximate surface area is 121 Å². The van der Waals surface area contributed by atoms with E-state index in [-0.39, 0.29) is 6.79 Å². The molecule has 1 aliphatic heterocycles.